The molecule has 0 aliphatic heterocycles. The Labute approximate surface area is 78.1 Å². The average molecular weight is 228 g/mol. The van der Waals surface area contributed by atoms with Crippen LogP contribution in [0.25, 0.3) is 10.9 Å². The van der Waals surface area contributed by atoms with Gasteiger partial charge in [-0.2, -0.15) is 0 Å². The molecule has 2 aromatic heterocycles. The fraction of sp³-hybridized carbons (Fsp3) is 0. The predicted octanol–water partition coefficient (Wildman–Crippen LogP) is 2.92. The minimum absolute atomic E-state index is 0.782. The molecule has 2 rings (SSSR count). The third kappa shape index (κ3) is 1.12. The molecule has 0 aliphatic carbocycles. The number of H-pyrrole nitrogens is 1. The van der Waals surface area contributed by atoms with Crippen LogP contribution in [0.15, 0.2) is 22.6 Å². The van der Waals surface area contributed by atoms with E-state index in [1.807, 2.05) is 25.1 Å². The van der Waals surface area contributed by atoms with Crippen LogP contribution in [0.1, 0.15) is 0 Å². The van der Waals surface area contributed by atoms with Crippen molar-refractivity contribution >= 4 is 45.3 Å². The first-order chi connectivity index (χ1) is 5.29. The first kappa shape index (κ1) is 7.38. The van der Waals surface area contributed by atoms with Crippen LogP contribution in [0.3, 0.4) is 0 Å². The Hall–Kier alpha value is -0.275. The van der Waals surface area contributed by atoms with Crippen LogP contribution < -0.4 is 0 Å². The van der Waals surface area contributed by atoms with Gasteiger partial charge in [0, 0.05) is 0 Å². The standard InChI is InChI=1S/C7H4BBrClN/c9-7-6-4(1-2-11-6)5(10)3-8-7/h1-3,11H. The molecule has 0 fully saturated rings. The van der Waals surface area contributed by atoms with Crippen LogP contribution in [0.4, 0.5) is 0 Å². The van der Waals surface area contributed by atoms with Gasteiger partial charge in [0.25, 0.3) is 0 Å². The van der Waals surface area contributed by atoms with Crippen molar-refractivity contribution in [3.05, 3.63) is 27.6 Å². The molecule has 0 radical (unpaired) electrons. The summed E-state index contributed by atoms with van der Waals surface area (Å²) in [4.78, 5) is 3.10. The van der Waals surface area contributed by atoms with E-state index in [0.717, 1.165) is 20.3 Å². The van der Waals surface area contributed by atoms with E-state index in [-0.39, 0.29) is 0 Å². The summed E-state index contributed by atoms with van der Waals surface area (Å²) in [7, 11) is 0. The maximum atomic E-state index is 5.93. The van der Waals surface area contributed by atoms with E-state index in [1.165, 1.54) is 0 Å². The molecular formula is C7H4BBrClN. The number of aromatic amines is 1. The van der Waals surface area contributed by atoms with E-state index in [4.69, 9.17) is 11.6 Å². The molecule has 0 aliphatic rings. The Morgan fingerprint density at radius 2 is 2.36 bits per heavy atom. The van der Waals surface area contributed by atoms with Gasteiger partial charge in [-0.1, -0.05) is 0 Å². The zero-order chi connectivity index (χ0) is 7.84. The number of halogens is 2. The van der Waals surface area contributed by atoms with Gasteiger partial charge in [0.2, 0.25) is 0 Å². The van der Waals surface area contributed by atoms with Crippen molar-refractivity contribution in [1.29, 1.82) is 0 Å². The Balaban J connectivity index is 2.96. The van der Waals surface area contributed by atoms with Gasteiger partial charge < -0.3 is 0 Å². The van der Waals surface area contributed by atoms with Crippen molar-refractivity contribution in [1.82, 2.24) is 4.98 Å². The van der Waals surface area contributed by atoms with Gasteiger partial charge in [0.1, 0.15) is 0 Å². The quantitative estimate of drug-likeness (QED) is 0.713. The van der Waals surface area contributed by atoms with Crippen molar-refractivity contribution < 1.29 is 0 Å². The predicted molar refractivity (Wildman–Crippen MR) is 52.4 cm³/mol. The molecule has 0 unspecified atom stereocenters. The molecule has 0 atom stereocenters. The maximum absolute atomic E-state index is 5.93. The second-order valence-corrected chi connectivity index (χ2v) is 3.56. The van der Waals surface area contributed by atoms with E-state index in [1.54, 1.807) is 0 Å². The van der Waals surface area contributed by atoms with Crippen LogP contribution >= 0.6 is 27.5 Å². The number of hydrogen-bond donors (Lipinski definition) is 1. The van der Waals surface area contributed by atoms with Gasteiger partial charge in [0.05, 0.1) is 0 Å². The van der Waals surface area contributed by atoms with Crippen molar-refractivity contribution in [3.63, 3.8) is 0 Å². The fourth-order valence-corrected chi connectivity index (χ4v) is 1.77. The van der Waals surface area contributed by atoms with Crippen molar-refractivity contribution in [2.24, 2.45) is 0 Å². The number of hydrogen-bond acceptors (Lipinski definition) is 0. The number of fused-ring (bicyclic) bond motifs is 1. The van der Waals surface area contributed by atoms with Crippen LogP contribution in [0.5, 0.6) is 0 Å². The summed E-state index contributed by atoms with van der Waals surface area (Å²) in [6, 6.07) is 1.96. The molecule has 0 spiro atoms. The van der Waals surface area contributed by atoms with Crippen LogP contribution in [-0.2, 0) is 0 Å². The van der Waals surface area contributed by atoms with Gasteiger partial charge in [0.15, 0.2) is 0 Å². The van der Waals surface area contributed by atoms with Gasteiger partial charge in [-0.3, -0.25) is 0 Å². The Kier molecular flexibility index (Phi) is 1.78. The number of aromatic nitrogens is 1. The third-order valence-corrected chi connectivity index (χ3v) is 2.61. The fourth-order valence-electron chi connectivity index (χ4n) is 1.09. The second-order valence-electron chi connectivity index (χ2n) is 2.30. The zero-order valence-electron chi connectivity index (χ0n) is 5.57. The molecule has 4 heteroatoms. The van der Waals surface area contributed by atoms with Gasteiger partial charge >= 0.3 is 77.9 Å². The molecule has 0 amide bonds. The summed E-state index contributed by atoms with van der Waals surface area (Å²) in [6.45, 7) is 1.93. The van der Waals surface area contributed by atoms with E-state index < -0.39 is 0 Å². The topological polar surface area (TPSA) is 15.8 Å². The summed E-state index contributed by atoms with van der Waals surface area (Å²) in [5, 5.41) is 1.84. The van der Waals surface area contributed by atoms with Crippen LogP contribution in [0, 0.1) is 0 Å². The van der Waals surface area contributed by atoms with Crippen LogP contribution in [0.2, 0.25) is 5.02 Å². The molecule has 0 saturated carbocycles. The van der Waals surface area contributed by atoms with Crippen molar-refractivity contribution in [3.8, 4) is 0 Å². The summed E-state index contributed by atoms with van der Waals surface area (Å²) in [5.74, 6) is 1.88. The molecule has 2 aromatic rings. The zero-order valence-corrected chi connectivity index (χ0v) is 7.91. The molecule has 11 heavy (non-hydrogen) atoms. The van der Waals surface area contributed by atoms with Crippen LogP contribution in [-0.4, -0.2) is 11.9 Å². The van der Waals surface area contributed by atoms with Crippen molar-refractivity contribution in [2.75, 3.05) is 0 Å². The molecule has 2 heterocycles. The van der Waals surface area contributed by atoms with Gasteiger partial charge in [-0.15, -0.1) is 0 Å². The summed E-state index contributed by atoms with van der Waals surface area (Å²) >= 11 is 9.35. The molecule has 0 bridgehead atoms. The molecular weight excluding hydrogens is 224 g/mol. The number of rotatable bonds is 0. The molecule has 0 saturated heterocycles. The molecule has 54 valence electrons. The van der Waals surface area contributed by atoms with E-state index in [0.29, 0.717) is 0 Å². The normalized spacial score (nSPS) is 10.4. The van der Waals surface area contributed by atoms with Gasteiger partial charge in [-0.05, 0) is 0 Å². The molecule has 1 nitrogen and oxygen atoms in total. The molecule has 0 aromatic carbocycles. The van der Waals surface area contributed by atoms with Crippen molar-refractivity contribution in [2.45, 2.75) is 0 Å². The first-order valence-corrected chi connectivity index (χ1v) is 4.37. The van der Waals surface area contributed by atoms with Gasteiger partial charge in [-0.25, -0.2) is 0 Å². The Morgan fingerprint density at radius 3 is 3.09 bits per heavy atom. The third-order valence-electron chi connectivity index (χ3n) is 1.62. The Morgan fingerprint density at radius 1 is 1.55 bits per heavy atom. The SMILES string of the molecule is Clc1cbc(Br)c2[nH]ccc12. The number of nitrogens with one attached hydrogen (secondary N) is 1. The summed E-state index contributed by atoms with van der Waals surface area (Å²) in [5.41, 5.74) is 1.05. The van der Waals surface area contributed by atoms with E-state index >= 15 is 0 Å². The summed E-state index contributed by atoms with van der Waals surface area (Å²) in [6.07, 6.45) is 1.88. The summed E-state index contributed by atoms with van der Waals surface area (Å²) < 4.78 is 1.04. The monoisotopic (exact) mass is 227 g/mol. The van der Waals surface area contributed by atoms with E-state index in [9.17, 15) is 0 Å². The molecule has 1 N–H and O–H groups in total. The van der Waals surface area contributed by atoms with E-state index in [2.05, 4.69) is 20.9 Å². The minimum atomic E-state index is 0.782. The Bertz CT molecular complexity index is 362. The second kappa shape index (κ2) is 2.65. The average Bonchev–Trinajstić information content (AvgIpc) is 2.45. The first-order valence-electron chi connectivity index (χ1n) is 3.20.